The number of nitrogens with zero attached hydrogens (tertiary/aromatic N) is 2. The summed E-state index contributed by atoms with van der Waals surface area (Å²) >= 11 is 0. The van der Waals surface area contributed by atoms with Crippen LogP contribution in [-0.2, 0) is 6.54 Å². The molecular weight excluding hydrogens is 246 g/mol. The monoisotopic (exact) mass is 275 g/mol. The van der Waals surface area contributed by atoms with E-state index in [0.717, 1.165) is 25.6 Å². The minimum absolute atomic E-state index is 0.611. The highest BCUT2D eigenvalue weighted by Crippen LogP contribution is 2.20. The van der Waals surface area contributed by atoms with Crippen LogP contribution in [0.15, 0.2) is 24.4 Å². The van der Waals surface area contributed by atoms with Gasteiger partial charge in [-0.25, -0.2) is 0 Å². The van der Waals surface area contributed by atoms with E-state index in [4.69, 9.17) is 0 Å². The van der Waals surface area contributed by atoms with Gasteiger partial charge in [0.15, 0.2) is 0 Å². The lowest BCUT2D eigenvalue weighted by Crippen LogP contribution is -2.58. The van der Waals surface area contributed by atoms with Crippen LogP contribution < -0.4 is 5.32 Å². The summed E-state index contributed by atoms with van der Waals surface area (Å²) in [5.41, 5.74) is 1.18. The molecule has 0 saturated carbocycles. The van der Waals surface area contributed by atoms with Crippen LogP contribution in [0.5, 0.6) is 0 Å². The van der Waals surface area contributed by atoms with Crippen molar-refractivity contribution in [1.82, 2.24) is 15.2 Å². The van der Waals surface area contributed by atoms with Crippen LogP contribution in [0.2, 0.25) is 0 Å². The van der Waals surface area contributed by atoms with Crippen molar-refractivity contribution in [2.75, 3.05) is 13.1 Å². The van der Waals surface area contributed by atoms with E-state index in [0.29, 0.717) is 18.0 Å². The van der Waals surface area contributed by atoms with Crippen LogP contribution in [0.25, 0.3) is 0 Å². The molecule has 0 bridgehead atoms. The van der Waals surface area contributed by atoms with Crippen LogP contribution >= 0.6 is 0 Å². The van der Waals surface area contributed by atoms with E-state index in [2.05, 4.69) is 55.0 Å². The highest BCUT2D eigenvalue weighted by molar-refractivity contribution is 5.04. The maximum absolute atomic E-state index is 4.49. The predicted molar refractivity (Wildman–Crippen MR) is 84.5 cm³/mol. The smallest absolute Gasteiger partial charge is 0.0544 e. The Balaban J connectivity index is 2.03. The lowest BCUT2D eigenvalue weighted by Gasteiger charge is -2.42. The molecule has 1 saturated heterocycles. The minimum atomic E-state index is 0.611. The zero-order valence-corrected chi connectivity index (χ0v) is 13.3. The van der Waals surface area contributed by atoms with Crippen LogP contribution in [0.4, 0.5) is 0 Å². The highest BCUT2D eigenvalue weighted by atomic mass is 15.2. The van der Waals surface area contributed by atoms with Crippen molar-refractivity contribution >= 4 is 0 Å². The SMILES string of the molecule is CC(C)CC1CN(Cc2ccccn2)C(C(C)C)CN1. The van der Waals surface area contributed by atoms with Gasteiger partial charge in [-0.2, -0.15) is 0 Å². The minimum Gasteiger partial charge on any atom is -0.311 e. The Bertz CT molecular complexity index is 388. The molecule has 2 heterocycles. The van der Waals surface area contributed by atoms with E-state index in [1.54, 1.807) is 0 Å². The van der Waals surface area contributed by atoms with Gasteiger partial charge in [-0.05, 0) is 30.4 Å². The van der Waals surface area contributed by atoms with Gasteiger partial charge in [-0.1, -0.05) is 33.8 Å². The van der Waals surface area contributed by atoms with Crippen molar-refractivity contribution in [3.63, 3.8) is 0 Å². The van der Waals surface area contributed by atoms with E-state index in [-0.39, 0.29) is 0 Å². The van der Waals surface area contributed by atoms with E-state index >= 15 is 0 Å². The molecule has 1 aromatic rings. The first kappa shape index (κ1) is 15.5. The Labute approximate surface area is 123 Å². The van der Waals surface area contributed by atoms with Crippen molar-refractivity contribution in [3.8, 4) is 0 Å². The third-order valence-electron chi connectivity index (χ3n) is 4.16. The number of pyridine rings is 1. The number of hydrogen-bond donors (Lipinski definition) is 1. The van der Waals surface area contributed by atoms with Crippen molar-refractivity contribution in [2.45, 2.75) is 52.7 Å². The molecule has 0 radical (unpaired) electrons. The third kappa shape index (κ3) is 4.29. The van der Waals surface area contributed by atoms with Gasteiger partial charge >= 0.3 is 0 Å². The lowest BCUT2D eigenvalue weighted by atomic mass is 9.95. The quantitative estimate of drug-likeness (QED) is 0.895. The number of nitrogens with one attached hydrogen (secondary N) is 1. The average Bonchev–Trinajstić information content (AvgIpc) is 2.39. The fourth-order valence-electron chi connectivity index (χ4n) is 3.17. The molecule has 20 heavy (non-hydrogen) atoms. The summed E-state index contributed by atoms with van der Waals surface area (Å²) in [7, 11) is 0. The molecule has 0 aromatic carbocycles. The molecule has 1 aromatic heterocycles. The molecule has 3 nitrogen and oxygen atoms in total. The Morgan fingerprint density at radius 3 is 2.70 bits per heavy atom. The van der Waals surface area contributed by atoms with Crippen LogP contribution in [0, 0.1) is 11.8 Å². The van der Waals surface area contributed by atoms with Crippen molar-refractivity contribution in [3.05, 3.63) is 30.1 Å². The van der Waals surface area contributed by atoms with Gasteiger partial charge < -0.3 is 5.32 Å². The summed E-state index contributed by atoms with van der Waals surface area (Å²) in [6.07, 6.45) is 3.15. The molecule has 2 rings (SSSR count). The van der Waals surface area contributed by atoms with E-state index in [1.165, 1.54) is 12.1 Å². The molecule has 1 fully saturated rings. The predicted octanol–water partition coefficient (Wildman–Crippen LogP) is 2.93. The fourth-order valence-corrected chi connectivity index (χ4v) is 3.17. The Hall–Kier alpha value is -0.930. The standard InChI is InChI=1S/C17H29N3/c1-13(2)9-16-12-20(17(10-19-16)14(3)4)11-15-7-5-6-8-18-15/h5-8,13-14,16-17,19H,9-12H2,1-4H3. The second-order valence-corrected chi connectivity index (χ2v) is 6.80. The largest absolute Gasteiger partial charge is 0.311 e. The molecule has 112 valence electrons. The first-order chi connectivity index (χ1) is 9.56. The topological polar surface area (TPSA) is 28.2 Å². The molecule has 1 N–H and O–H groups in total. The van der Waals surface area contributed by atoms with E-state index in [9.17, 15) is 0 Å². The van der Waals surface area contributed by atoms with Crippen molar-refractivity contribution < 1.29 is 0 Å². The van der Waals surface area contributed by atoms with Crippen LogP contribution in [-0.4, -0.2) is 35.1 Å². The maximum atomic E-state index is 4.49. The summed E-state index contributed by atoms with van der Waals surface area (Å²) in [6.45, 7) is 12.5. The zero-order chi connectivity index (χ0) is 14.5. The molecule has 0 spiro atoms. The highest BCUT2D eigenvalue weighted by Gasteiger charge is 2.30. The Morgan fingerprint density at radius 2 is 2.10 bits per heavy atom. The zero-order valence-electron chi connectivity index (χ0n) is 13.3. The van der Waals surface area contributed by atoms with Gasteiger partial charge in [0.05, 0.1) is 5.69 Å². The van der Waals surface area contributed by atoms with Crippen molar-refractivity contribution in [2.24, 2.45) is 11.8 Å². The molecule has 0 aliphatic carbocycles. The second kappa shape index (κ2) is 7.19. The normalized spacial score (nSPS) is 24.5. The first-order valence-electron chi connectivity index (χ1n) is 7.93. The summed E-state index contributed by atoms with van der Waals surface area (Å²) in [6, 6.07) is 7.44. The van der Waals surface area contributed by atoms with Gasteiger partial charge in [0.1, 0.15) is 0 Å². The lowest BCUT2D eigenvalue weighted by molar-refractivity contribution is 0.0840. The van der Waals surface area contributed by atoms with Crippen LogP contribution in [0.3, 0.4) is 0 Å². The van der Waals surface area contributed by atoms with Gasteiger partial charge in [0.25, 0.3) is 0 Å². The number of rotatable bonds is 5. The first-order valence-corrected chi connectivity index (χ1v) is 7.93. The van der Waals surface area contributed by atoms with Gasteiger partial charge in [-0.15, -0.1) is 0 Å². The van der Waals surface area contributed by atoms with Crippen molar-refractivity contribution in [1.29, 1.82) is 0 Å². The Morgan fingerprint density at radius 1 is 1.30 bits per heavy atom. The van der Waals surface area contributed by atoms with Crippen LogP contribution in [0.1, 0.15) is 39.8 Å². The van der Waals surface area contributed by atoms with Gasteiger partial charge in [0, 0.05) is 37.9 Å². The van der Waals surface area contributed by atoms with Gasteiger partial charge in [0.2, 0.25) is 0 Å². The molecule has 1 aliphatic rings. The van der Waals surface area contributed by atoms with Gasteiger partial charge in [-0.3, -0.25) is 9.88 Å². The second-order valence-electron chi connectivity index (χ2n) is 6.80. The summed E-state index contributed by atoms with van der Waals surface area (Å²) in [5.74, 6) is 1.42. The maximum Gasteiger partial charge on any atom is 0.0544 e. The molecule has 2 atom stereocenters. The number of piperazine rings is 1. The molecule has 3 heteroatoms. The molecule has 2 unspecified atom stereocenters. The van der Waals surface area contributed by atoms with E-state index in [1.807, 2.05) is 12.3 Å². The average molecular weight is 275 g/mol. The fraction of sp³-hybridized carbons (Fsp3) is 0.706. The Kier molecular flexibility index (Phi) is 5.55. The molecule has 1 aliphatic heterocycles. The van der Waals surface area contributed by atoms with E-state index < -0.39 is 0 Å². The molecular formula is C17H29N3. The summed E-state index contributed by atoms with van der Waals surface area (Å²) in [5, 5.41) is 3.74. The summed E-state index contributed by atoms with van der Waals surface area (Å²) in [4.78, 5) is 7.11. The molecule has 0 amide bonds. The number of hydrogen-bond acceptors (Lipinski definition) is 3. The summed E-state index contributed by atoms with van der Waals surface area (Å²) < 4.78 is 0. The number of aromatic nitrogens is 1. The third-order valence-corrected chi connectivity index (χ3v) is 4.16.